The summed E-state index contributed by atoms with van der Waals surface area (Å²) in [4.78, 5) is 12.4. The fourth-order valence-corrected chi connectivity index (χ4v) is 3.64. The molecule has 0 fully saturated rings. The van der Waals surface area contributed by atoms with Crippen molar-refractivity contribution in [2.75, 3.05) is 39.5 Å². The molecule has 2 aromatic rings. The van der Waals surface area contributed by atoms with Crippen LogP contribution in [0.2, 0.25) is 0 Å². The van der Waals surface area contributed by atoms with Gasteiger partial charge in [-0.05, 0) is 61.9 Å². The number of ether oxygens (including phenoxy) is 5. The van der Waals surface area contributed by atoms with Crippen LogP contribution >= 0.6 is 11.8 Å². The molecule has 33 heavy (non-hydrogen) atoms. The van der Waals surface area contributed by atoms with Crippen LogP contribution in [-0.2, 0) is 25.2 Å². The normalized spacial score (nSPS) is 12.3. The summed E-state index contributed by atoms with van der Waals surface area (Å²) in [7, 11) is 1.50. The van der Waals surface area contributed by atoms with Gasteiger partial charge in [-0.2, -0.15) is 13.2 Å². The third-order valence-corrected chi connectivity index (χ3v) is 5.40. The van der Waals surface area contributed by atoms with Crippen LogP contribution in [0.1, 0.15) is 18.1 Å². The van der Waals surface area contributed by atoms with E-state index in [4.69, 9.17) is 23.7 Å². The Bertz CT molecular complexity index is 873. The number of methoxy groups -OCH3 is 1. The van der Waals surface area contributed by atoms with Crippen LogP contribution in [-0.4, -0.2) is 51.5 Å². The number of thioether (sulfide) groups is 1. The molecule has 2 aromatic carbocycles. The van der Waals surface area contributed by atoms with E-state index in [1.807, 2.05) is 19.1 Å². The SMILES string of the molecule is CCOC(=O)COc1ccc(SC[C@@H](COc2ccc(C(F)(F)F)cc2)OCOC)cc1C. The highest BCUT2D eigenvalue weighted by molar-refractivity contribution is 7.99. The van der Waals surface area contributed by atoms with Crippen LogP contribution in [0.3, 0.4) is 0 Å². The molecule has 0 heterocycles. The van der Waals surface area contributed by atoms with E-state index < -0.39 is 17.7 Å². The fourth-order valence-electron chi connectivity index (χ4n) is 2.64. The van der Waals surface area contributed by atoms with Crippen molar-refractivity contribution >= 4 is 17.7 Å². The van der Waals surface area contributed by atoms with Gasteiger partial charge < -0.3 is 23.7 Å². The minimum atomic E-state index is -4.39. The summed E-state index contributed by atoms with van der Waals surface area (Å²) in [5, 5.41) is 0. The van der Waals surface area contributed by atoms with E-state index in [-0.39, 0.29) is 26.1 Å². The van der Waals surface area contributed by atoms with Crippen molar-refractivity contribution in [1.82, 2.24) is 0 Å². The Morgan fingerprint density at radius 2 is 1.82 bits per heavy atom. The van der Waals surface area contributed by atoms with Crippen molar-refractivity contribution in [2.45, 2.75) is 31.0 Å². The van der Waals surface area contributed by atoms with Gasteiger partial charge in [-0.15, -0.1) is 11.8 Å². The van der Waals surface area contributed by atoms with Gasteiger partial charge in [-0.25, -0.2) is 4.79 Å². The summed E-state index contributed by atoms with van der Waals surface area (Å²) in [5.41, 5.74) is 0.127. The maximum absolute atomic E-state index is 12.7. The zero-order valence-electron chi connectivity index (χ0n) is 18.6. The van der Waals surface area contributed by atoms with E-state index >= 15 is 0 Å². The Kier molecular flexibility index (Phi) is 10.8. The Morgan fingerprint density at radius 3 is 2.42 bits per heavy atom. The summed E-state index contributed by atoms with van der Waals surface area (Å²) < 4.78 is 64.6. The quantitative estimate of drug-likeness (QED) is 0.220. The molecule has 0 saturated carbocycles. The lowest BCUT2D eigenvalue weighted by atomic mass is 10.2. The number of alkyl halides is 3. The van der Waals surface area contributed by atoms with E-state index in [0.29, 0.717) is 23.9 Å². The Hall–Kier alpha value is -2.43. The molecule has 0 spiro atoms. The van der Waals surface area contributed by atoms with Gasteiger partial charge in [-0.3, -0.25) is 0 Å². The Labute approximate surface area is 195 Å². The molecule has 6 nitrogen and oxygen atoms in total. The van der Waals surface area contributed by atoms with Crippen molar-refractivity contribution in [3.05, 3.63) is 53.6 Å². The van der Waals surface area contributed by atoms with Crippen molar-refractivity contribution in [3.63, 3.8) is 0 Å². The first-order valence-electron chi connectivity index (χ1n) is 10.2. The average Bonchev–Trinajstić information content (AvgIpc) is 2.78. The second-order valence-corrected chi connectivity index (χ2v) is 7.95. The van der Waals surface area contributed by atoms with Crippen molar-refractivity contribution in [1.29, 1.82) is 0 Å². The predicted octanol–water partition coefficient (Wildman–Crippen LogP) is 5.12. The average molecular weight is 489 g/mol. The van der Waals surface area contributed by atoms with Crippen LogP contribution in [0.5, 0.6) is 11.5 Å². The molecule has 0 aliphatic carbocycles. The van der Waals surface area contributed by atoms with Crippen molar-refractivity contribution in [3.8, 4) is 11.5 Å². The second-order valence-electron chi connectivity index (χ2n) is 6.86. The van der Waals surface area contributed by atoms with Gasteiger partial charge in [-0.1, -0.05) is 0 Å². The molecule has 2 rings (SSSR count). The van der Waals surface area contributed by atoms with Crippen molar-refractivity contribution in [2.24, 2.45) is 0 Å². The Balaban J connectivity index is 1.90. The van der Waals surface area contributed by atoms with Crippen LogP contribution in [0.4, 0.5) is 13.2 Å². The van der Waals surface area contributed by atoms with Crippen LogP contribution < -0.4 is 9.47 Å². The highest BCUT2D eigenvalue weighted by atomic mass is 32.2. The van der Waals surface area contributed by atoms with Crippen LogP contribution in [0.15, 0.2) is 47.4 Å². The van der Waals surface area contributed by atoms with Gasteiger partial charge >= 0.3 is 12.1 Å². The smallest absolute Gasteiger partial charge is 0.416 e. The molecule has 0 aliphatic rings. The molecular formula is C23H27F3O6S. The van der Waals surface area contributed by atoms with E-state index in [2.05, 4.69) is 0 Å². The number of carbonyl (C=O) groups is 1. The summed E-state index contributed by atoms with van der Waals surface area (Å²) in [5.74, 6) is 0.997. The summed E-state index contributed by atoms with van der Waals surface area (Å²) >= 11 is 1.52. The lowest BCUT2D eigenvalue weighted by Gasteiger charge is -2.18. The van der Waals surface area contributed by atoms with Gasteiger partial charge in [0.15, 0.2) is 6.61 Å². The topological polar surface area (TPSA) is 63.2 Å². The van der Waals surface area contributed by atoms with E-state index in [9.17, 15) is 18.0 Å². The zero-order chi connectivity index (χ0) is 24.3. The number of carbonyl (C=O) groups excluding carboxylic acids is 1. The summed E-state index contributed by atoms with van der Waals surface area (Å²) in [6.45, 7) is 3.94. The fraction of sp³-hybridized carbons (Fsp3) is 0.435. The number of benzene rings is 2. The third kappa shape index (κ3) is 9.53. The summed E-state index contributed by atoms with van der Waals surface area (Å²) in [6.07, 6.45) is -4.76. The van der Waals surface area contributed by atoms with Crippen LogP contribution in [0, 0.1) is 6.92 Å². The standard InChI is InChI=1S/C23H27F3O6S/c1-4-29-22(27)13-31-21-10-9-20(11-16(21)2)33-14-19(32-15-28-3)12-30-18-7-5-17(6-8-18)23(24,25)26/h5-11,19H,4,12-15H2,1-3H3/t19-/m1/s1. The first-order valence-corrected chi connectivity index (χ1v) is 11.1. The van der Waals surface area contributed by atoms with Gasteiger partial charge in [0.1, 0.15) is 31.0 Å². The molecule has 0 radical (unpaired) electrons. The zero-order valence-corrected chi connectivity index (χ0v) is 19.5. The number of hydrogen-bond donors (Lipinski definition) is 0. The molecule has 10 heteroatoms. The molecule has 0 amide bonds. The van der Waals surface area contributed by atoms with E-state index in [1.165, 1.54) is 31.0 Å². The number of halogens is 3. The van der Waals surface area contributed by atoms with Crippen molar-refractivity contribution < 1.29 is 41.7 Å². The molecule has 0 unspecified atom stereocenters. The largest absolute Gasteiger partial charge is 0.491 e. The van der Waals surface area contributed by atoms with Gasteiger partial charge in [0.2, 0.25) is 0 Å². The molecule has 0 N–H and O–H groups in total. The van der Waals surface area contributed by atoms with Gasteiger partial charge in [0, 0.05) is 17.8 Å². The maximum atomic E-state index is 12.7. The monoisotopic (exact) mass is 488 g/mol. The van der Waals surface area contributed by atoms with Gasteiger partial charge in [0.25, 0.3) is 0 Å². The number of hydrogen-bond acceptors (Lipinski definition) is 7. The highest BCUT2D eigenvalue weighted by Crippen LogP contribution is 2.30. The molecule has 1 atom stereocenters. The molecule has 0 aromatic heterocycles. The number of esters is 1. The number of rotatable bonds is 13. The molecular weight excluding hydrogens is 461 g/mol. The van der Waals surface area contributed by atoms with E-state index in [1.54, 1.807) is 13.0 Å². The Morgan fingerprint density at radius 1 is 1.09 bits per heavy atom. The predicted molar refractivity (Wildman–Crippen MR) is 118 cm³/mol. The third-order valence-electron chi connectivity index (χ3n) is 4.27. The minimum absolute atomic E-state index is 0.0568. The highest BCUT2D eigenvalue weighted by Gasteiger charge is 2.30. The lowest BCUT2D eigenvalue weighted by Crippen LogP contribution is -2.25. The first-order chi connectivity index (χ1) is 15.7. The van der Waals surface area contributed by atoms with Gasteiger partial charge in [0.05, 0.1) is 12.2 Å². The van der Waals surface area contributed by atoms with E-state index in [0.717, 1.165) is 22.6 Å². The summed E-state index contributed by atoms with van der Waals surface area (Å²) in [6, 6.07) is 10.1. The lowest BCUT2D eigenvalue weighted by molar-refractivity contribution is -0.145. The number of aryl methyl sites for hydroxylation is 1. The molecule has 182 valence electrons. The molecule has 0 saturated heterocycles. The first kappa shape index (κ1) is 26.8. The minimum Gasteiger partial charge on any atom is -0.491 e. The molecule has 0 aliphatic heterocycles. The second kappa shape index (κ2) is 13.3. The maximum Gasteiger partial charge on any atom is 0.416 e. The van der Waals surface area contributed by atoms with Crippen LogP contribution in [0.25, 0.3) is 0 Å². The molecule has 0 bridgehead atoms.